The van der Waals surface area contributed by atoms with Crippen LogP contribution < -0.4 is 15.4 Å². The summed E-state index contributed by atoms with van der Waals surface area (Å²) in [6, 6.07) is 0.482. The zero-order valence-corrected chi connectivity index (χ0v) is 11.0. The zero-order chi connectivity index (χ0) is 12.6. The van der Waals surface area contributed by atoms with Crippen LogP contribution in [0.4, 0.5) is 5.82 Å². The van der Waals surface area contributed by atoms with Crippen LogP contribution in [0, 0.1) is 0 Å². The van der Waals surface area contributed by atoms with Crippen molar-refractivity contribution >= 4 is 5.82 Å². The van der Waals surface area contributed by atoms with E-state index in [1.54, 1.807) is 12.4 Å². The lowest BCUT2D eigenvalue weighted by Crippen LogP contribution is -2.22. The van der Waals surface area contributed by atoms with Crippen molar-refractivity contribution < 1.29 is 4.74 Å². The topological polar surface area (TPSA) is 59.1 Å². The predicted octanol–water partition coefficient (Wildman–Crippen LogP) is 1.82. The number of nitrogens with one attached hydrogen (secondary N) is 2. The molecule has 1 aliphatic heterocycles. The molecule has 1 aromatic heterocycles. The molecule has 2 heterocycles. The van der Waals surface area contributed by atoms with Crippen molar-refractivity contribution in [1.82, 2.24) is 15.3 Å². The maximum absolute atomic E-state index is 5.48. The maximum Gasteiger partial charge on any atom is 0.234 e. The normalized spacial score (nSPS) is 20.2. The fourth-order valence-electron chi connectivity index (χ4n) is 2.07. The minimum Gasteiger partial charge on any atom is -0.477 e. The summed E-state index contributed by atoms with van der Waals surface area (Å²) in [5, 5.41) is 6.85. The Labute approximate surface area is 108 Å². The molecule has 1 fully saturated rings. The number of aromatic nitrogens is 2. The third-order valence-corrected chi connectivity index (χ3v) is 2.99. The van der Waals surface area contributed by atoms with E-state index >= 15 is 0 Å². The summed E-state index contributed by atoms with van der Waals surface area (Å²) in [4.78, 5) is 8.58. The number of hydrogen-bond donors (Lipinski definition) is 2. The monoisotopic (exact) mass is 250 g/mol. The molecule has 5 nitrogen and oxygen atoms in total. The van der Waals surface area contributed by atoms with E-state index in [9.17, 15) is 0 Å². The van der Waals surface area contributed by atoms with Gasteiger partial charge in [0.05, 0.1) is 19.0 Å². The van der Waals surface area contributed by atoms with Gasteiger partial charge in [0.25, 0.3) is 0 Å². The van der Waals surface area contributed by atoms with Crippen LogP contribution in [0.1, 0.15) is 32.6 Å². The van der Waals surface area contributed by atoms with Crippen molar-refractivity contribution in [3.63, 3.8) is 0 Å². The summed E-state index contributed by atoms with van der Waals surface area (Å²) in [5.74, 6) is 1.42. The molecule has 1 unspecified atom stereocenters. The van der Waals surface area contributed by atoms with Gasteiger partial charge in [-0.2, -0.15) is 4.98 Å². The predicted molar refractivity (Wildman–Crippen MR) is 71.9 cm³/mol. The Bertz CT molecular complexity index is 351. The van der Waals surface area contributed by atoms with Crippen LogP contribution in [0.3, 0.4) is 0 Å². The van der Waals surface area contributed by atoms with Gasteiger partial charge in [-0.15, -0.1) is 0 Å². The van der Waals surface area contributed by atoms with E-state index in [1.807, 2.05) is 0 Å². The second-order valence-corrected chi connectivity index (χ2v) is 4.61. The molecule has 0 saturated carbocycles. The Hall–Kier alpha value is -1.36. The number of nitrogens with zero attached hydrogens (tertiary/aromatic N) is 2. The molecule has 0 aromatic carbocycles. The highest BCUT2D eigenvalue weighted by molar-refractivity contribution is 5.34. The lowest BCUT2D eigenvalue weighted by Gasteiger charge is -2.16. The molecule has 1 aromatic rings. The zero-order valence-electron chi connectivity index (χ0n) is 11.0. The lowest BCUT2D eigenvalue weighted by atomic mass is 10.1. The minimum absolute atomic E-state index is 0.482. The first-order valence-corrected chi connectivity index (χ1v) is 6.80. The Balaban J connectivity index is 1.91. The van der Waals surface area contributed by atoms with E-state index < -0.39 is 0 Å². The third-order valence-electron chi connectivity index (χ3n) is 2.99. The first-order valence-electron chi connectivity index (χ1n) is 6.80. The summed E-state index contributed by atoms with van der Waals surface area (Å²) in [6.45, 7) is 4.94. The minimum atomic E-state index is 0.482. The fraction of sp³-hybridized carbons (Fsp3) is 0.692. The molecule has 2 rings (SSSR count). The summed E-state index contributed by atoms with van der Waals surface area (Å²) in [5.41, 5.74) is 0. The van der Waals surface area contributed by atoms with Gasteiger partial charge in [0, 0.05) is 6.04 Å². The molecule has 0 spiro atoms. The molecule has 100 valence electrons. The average molecular weight is 250 g/mol. The second-order valence-electron chi connectivity index (χ2n) is 4.61. The highest BCUT2D eigenvalue weighted by Gasteiger charge is 2.12. The van der Waals surface area contributed by atoms with Crippen LogP contribution in [0.5, 0.6) is 5.88 Å². The molecule has 2 N–H and O–H groups in total. The molecule has 1 atom stereocenters. The summed E-state index contributed by atoms with van der Waals surface area (Å²) in [6.07, 6.45) is 7.91. The summed E-state index contributed by atoms with van der Waals surface area (Å²) >= 11 is 0. The first kappa shape index (κ1) is 13.1. The van der Waals surface area contributed by atoms with Gasteiger partial charge in [-0.1, -0.05) is 6.92 Å². The fourth-order valence-corrected chi connectivity index (χ4v) is 2.07. The Morgan fingerprint density at radius 2 is 2.33 bits per heavy atom. The van der Waals surface area contributed by atoms with Gasteiger partial charge in [0.1, 0.15) is 5.82 Å². The third kappa shape index (κ3) is 4.14. The summed E-state index contributed by atoms with van der Waals surface area (Å²) in [7, 11) is 0. The molecule has 0 amide bonds. The molecule has 5 heteroatoms. The molecule has 1 saturated heterocycles. The molecule has 18 heavy (non-hydrogen) atoms. The van der Waals surface area contributed by atoms with E-state index in [4.69, 9.17) is 4.74 Å². The van der Waals surface area contributed by atoms with E-state index in [1.165, 1.54) is 12.8 Å². The largest absolute Gasteiger partial charge is 0.477 e. The summed E-state index contributed by atoms with van der Waals surface area (Å²) < 4.78 is 5.48. The second kappa shape index (κ2) is 7.16. The smallest absolute Gasteiger partial charge is 0.234 e. The van der Waals surface area contributed by atoms with Crippen molar-refractivity contribution in [2.75, 3.05) is 25.0 Å². The van der Waals surface area contributed by atoms with Crippen molar-refractivity contribution in [1.29, 1.82) is 0 Å². The highest BCUT2D eigenvalue weighted by atomic mass is 16.5. The van der Waals surface area contributed by atoms with E-state index in [0.29, 0.717) is 18.5 Å². The molecule has 1 aliphatic rings. The van der Waals surface area contributed by atoms with Crippen molar-refractivity contribution in [2.45, 2.75) is 38.6 Å². The lowest BCUT2D eigenvalue weighted by molar-refractivity contribution is 0.304. The van der Waals surface area contributed by atoms with Crippen molar-refractivity contribution in [3.05, 3.63) is 12.4 Å². The van der Waals surface area contributed by atoms with Crippen molar-refractivity contribution in [3.8, 4) is 5.88 Å². The molecular weight excluding hydrogens is 228 g/mol. The number of rotatable bonds is 5. The van der Waals surface area contributed by atoms with Gasteiger partial charge in [0.15, 0.2) is 0 Å². The van der Waals surface area contributed by atoms with Gasteiger partial charge in [-0.3, -0.25) is 4.98 Å². The highest BCUT2D eigenvalue weighted by Crippen LogP contribution is 2.14. The molecule has 0 aliphatic carbocycles. The van der Waals surface area contributed by atoms with Gasteiger partial charge in [-0.25, -0.2) is 0 Å². The maximum atomic E-state index is 5.48. The molecule has 0 bridgehead atoms. The van der Waals surface area contributed by atoms with E-state index in [0.717, 1.165) is 31.7 Å². The van der Waals surface area contributed by atoms with Crippen LogP contribution in [0.15, 0.2) is 12.4 Å². The van der Waals surface area contributed by atoms with E-state index in [-0.39, 0.29) is 0 Å². The van der Waals surface area contributed by atoms with Crippen LogP contribution >= 0.6 is 0 Å². The number of ether oxygens (including phenoxy) is 1. The molecular formula is C13H22N4O. The van der Waals surface area contributed by atoms with Gasteiger partial charge >= 0.3 is 0 Å². The van der Waals surface area contributed by atoms with E-state index in [2.05, 4.69) is 27.5 Å². The van der Waals surface area contributed by atoms with Gasteiger partial charge in [-0.05, 0) is 38.8 Å². The Morgan fingerprint density at radius 1 is 1.39 bits per heavy atom. The van der Waals surface area contributed by atoms with Crippen LogP contribution in [-0.4, -0.2) is 35.7 Å². The average Bonchev–Trinajstić information content (AvgIpc) is 2.65. The standard InChI is InChI=1S/C13H22N4O/c1-2-8-18-13-10-15-9-12(17-13)16-11-4-3-6-14-7-5-11/h9-11,14H,2-8H2,1H3,(H,16,17). The van der Waals surface area contributed by atoms with Crippen molar-refractivity contribution in [2.24, 2.45) is 0 Å². The number of hydrogen-bond acceptors (Lipinski definition) is 5. The number of anilines is 1. The van der Waals surface area contributed by atoms with Crippen LogP contribution in [0.2, 0.25) is 0 Å². The molecule has 0 radical (unpaired) electrons. The SMILES string of the molecule is CCCOc1cncc(NC2CCCNCC2)n1. The van der Waals surface area contributed by atoms with Crippen LogP contribution in [0.25, 0.3) is 0 Å². The Morgan fingerprint density at radius 3 is 3.22 bits per heavy atom. The van der Waals surface area contributed by atoms with Gasteiger partial charge < -0.3 is 15.4 Å². The van der Waals surface area contributed by atoms with Gasteiger partial charge in [0.2, 0.25) is 5.88 Å². The quantitative estimate of drug-likeness (QED) is 0.834. The Kier molecular flexibility index (Phi) is 5.20. The van der Waals surface area contributed by atoms with Crippen LogP contribution in [-0.2, 0) is 0 Å². The first-order chi connectivity index (χ1) is 8.88.